The number of H-pyrrole nitrogens is 1. The first-order valence-corrected chi connectivity index (χ1v) is 11.0. The molecule has 2 amide bonds. The van der Waals surface area contributed by atoms with Crippen molar-refractivity contribution in [1.29, 1.82) is 0 Å². The molecule has 1 fully saturated rings. The van der Waals surface area contributed by atoms with Gasteiger partial charge in [-0.2, -0.15) is 0 Å². The Labute approximate surface area is 196 Å². The molecule has 3 aromatic rings. The van der Waals surface area contributed by atoms with Crippen molar-refractivity contribution in [3.8, 4) is 0 Å². The predicted octanol–water partition coefficient (Wildman–Crippen LogP) is 2.09. The van der Waals surface area contributed by atoms with Gasteiger partial charge in [-0.3, -0.25) is 14.4 Å². The summed E-state index contributed by atoms with van der Waals surface area (Å²) < 4.78 is 10.9. The molecule has 176 valence electrons. The summed E-state index contributed by atoms with van der Waals surface area (Å²) in [6, 6.07) is 17.7. The first-order valence-electron chi connectivity index (χ1n) is 11.0. The van der Waals surface area contributed by atoms with Crippen LogP contribution >= 0.6 is 0 Å². The molecule has 0 saturated carbocycles. The van der Waals surface area contributed by atoms with Gasteiger partial charge in [0.2, 0.25) is 12.2 Å². The van der Waals surface area contributed by atoms with Crippen molar-refractivity contribution in [3.63, 3.8) is 0 Å². The normalized spacial score (nSPS) is 18.2. The molecule has 0 spiro atoms. The average molecular weight is 463 g/mol. The molecule has 4 rings (SSSR count). The molecule has 0 radical (unpaired) electrons. The lowest BCUT2D eigenvalue weighted by Gasteiger charge is -2.21. The van der Waals surface area contributed by atoms with Gasteiger partial charge in [0.15, 0.2) is 0 Å². The minimum absolute atomic E-state index is 0.00471. The Morgan fingerprint density at radius 2 is 1.79 bits per heavy atom. The molecule has 1 aliphatic heterocycles. The van der Waals surface area contributed by atoms with Crippen LogP contribution in [0.3, 0.4) is 0 Å². The van der Waals surface area contributed by atoms with E-state index in [-0.39, 0.29) is 18.7 Å². The van der Waals surface area contributed by atoms with Crippen molar-refractivity contribution in [1.82, 2.24) is 20.6 Å². The van der Waals surface area contributed by atoms with Gasteiger partial charge >= 0.3 is 5.97 Å². The van der Waals surface area contributed by atoms with E-state index in [9.17, 15) is 14.4 Å². The summed E-state index contributed by atoms with van der Waals surface area (Å²) in [5.41, 5.74) is 2.24. The van der Waals surface area contributed by atoms with Crippen molar-refractivity contribution in [3.05, 3.63) is 89.5 Å². The maximum absolute atomic E-state index is 12.7. The Hall–Kier alpha value is -3.98. The Bertz CT molecular complexity index is 1130. The van der Waals surface area contributed by atoms with Gasteiger partial charge < -0.3 is 25.1 Å². The zero-order chi connectivity index (χ0) is 23.9. The molecule has 1 aliphatic rings. The number of carbonyl (C=O) groups excluding carboxylic acids is 3. The van der Waals surface area contributed by atoms with Gasteiger partial charge in [0, 0.05) is 6.42 Å². The van der Waals surface area contributed by atoms with Gasteiger partial charge in [0.25, 0.3) is 5.91 Å². The SMILES string of the molecule is C[C@@H](NC(=O)c1cnc(Cc2ccccc2)[nH]1)C(=O)N[C@H]1CC(=O)O[C@@H]1OCc1ccccc1. The number of nitrogens with zero attached hydrogens (tertiary/aromatic N) is 1. The van der Waals surface area contributed by atoms with Gasteiger partial charge in [0.1, 0.15) is 23.6 Å². The number of amides is 2. The standard InChI is InChI=1S/C25H26N4O5/c1-16(27-24(32)20-14-26-21(28-20)12-17-8-4-2-5-9-17)23(31)29-19-13-22(30)34-25(19)33-15-18-10-6-3-7-11-18/h2-11,14,16,19,25H,12-13,15H2,1H3,(H,26,28)(H,27,32)(H,29,31)/t16-,19+,25+/m1/s1. The van der Waals surface area contributed by atoms with Gasteiger partial charge in [-0.25, -0.2) is 4.98 Å². The quantitative estimate of drug-likeness (QED) is 0.419. The highest BCUT2D eigenvalue weighted by atomic mass is 16.7. The van der Waals surface area contributed by atoms with Crippen LogP contribution in [0.1, 0.15) is 40.8 Å². The fourth-order valence-corrected chi connectivity index (χ4v) is 3.56. The van der Waals surface area contributed by atoms with E-state index in [0.29, 0.717) is 12.2 Å². The van der Waals surface area contributed by atoms with E-state index in [1.54, 1.807) is 6.92 Å². The minimum atomic E-state index is -0.896. The Morgan fingerprint density at radius 3 is 2.50 bits per heavy atom. The number of ether oxygens (including phenoxy) is 2. The zero-order valence-electron chi connectivity index (χ0n) is 18.7. The smallest absolute Gasteiger partial charge is 0.310 e. The molecule has 3 N–H and O–H groups in total. The molecule has 9 nitrogen and oxygen atoms in total. The van der Waals surface area contributed by atoms with Gasteiger partial charge in [-0.05, 0) is 18.1 Å². The first kappa shape index (κ1) is 23.2. The minimum Gasteiger partial charge on any atom is -0.433 e. The van der Waals surface area contributed by atoms with E-state index in [1.807, 2.05) is 60.7 Å². The number of aromatic amines is 1. The molecular formula is C25H26N4O5. The van der Waals surface area contributed by atoms with Crippen molar-refractivity contribution in [2.24, 2.45) is 0 Å². The lowest BCUT2D eigenvalue weighted by Crippen LogP contribution is -2.50. The summed E-state index contributed by atoms with van der Waals surface area (Å²) in [6.45, 7) is 1.80. The molecule has 0 aliphatic carbocycles. The maximum Gasteiger partial charge on any atom is 0.310 e. The Morgan fingerprint density at radius 1 is 1.12 bits per heavy atom. The number of cyclic esters (lactones) is 1. The fraction of sp³-hybridized carbons (Fsp3) is 0.280. The summed E-state index contributed by atoms with van der Waals surface area (Å²) in [6.07, 6.45) is 1.10. The monoisotopic (exact) mass is 462 g/mol. The number of nitrogens with one attached hydrogen (secondary N) is 3. The van der Waals surface area contributed by atoms with Crippen LogP contribution in [0.25, 0.3) is 0 Å². The fourth-order valence-electron chi connectivity index (χ4n) is 3.56. The molecule has 2 aromatic carbocycles. The number of carbonyl (C=O) groups is 3. The number of rotatable bonds is 9. The first-order chi connectivity index (χ1) is 16.5. The number of imidazole rings is 1. The molecule has 0 unspecified atom stereocenters. The average Bonchev–Trinajstić information content (AvgIpc) is 3.45. The molecule has 2 heterocycles. The molecule has 1 saturated heterocycles. The van der Waals surface area contributed by atoms with Crippen LogP contribution in [-0.2, 0) is 32.1 Å². The third-order valence-corrected chi connectivity index (χ3v) is 5.38. The largest absolute Gasteiger partial charge is 0.433 e. The third kappa shape index (κ3) is 6.08. The number of hydrogen-bond acceptors (Lipinski definition) is 6. The lowest BCUT2D eigenvalue weighted by atomic mass is 10.1. The lowest BCUT2D eigenvalue weighted by molar-refractivity contribution is -0.168. The van der Waals surface area contributed by atoms with E-state index in [4.69, 9.17) is 9.47 Å². The van der Waals surface area contributed by atoms with Crippen molar-refractivity contribution < 1.29 is 23.9 Å². The van der Waals surface area contributed by atoms with Crippen LogP contribution in [0.5, 0.6) is 0 Å². The van der Waals surface area contributed by atoms with E-state index in [1.165, 1.54) is 6.20 Å². The molecule has 3 atom stereocenters. The van der Waals surface area contributed by atoms with Gasteiger partial charge in [0.05, 0.1) is 19.2 Å². The second kappa shape index (κ2) is 10.8. The molecule has 0 bridgehead atoms. The summed E-state index contributed by atoms with van der Waals surface area (Å²) in [5, 5.41) is 5.38. The Kier molecular flexibility index (Phi) is 7.34. The van der Waals surface area contributed by atoms with E-state index in [2.05, 4.69) is 20.6 Å². The Balaban J connectivity index is 1.28. The maximum atomic E-state index is 12.7. The van der Waals surface area contributed by atoms with Crippen LogP contribution in [0.15, 0.2) is 66.9 Å². The van der Waals surface area contributed by atoms with Crippen LogP contribution in [0.2, 0.25) is 0 Å². The summed E-state index contributed by atoms with van der Waals surface area (Å²) in [7, 11) is 0. The van der Waals surface area contributed by atoms with E-state index in [0.717, 1.165) is 11.1 Å². The van der Waals surface area contributed by atoms with Crippen LogP contribution in [0, 0.1) is 0 Å². The number of aromatic nitrogens is 2. The highest BCUT2D eigenvalue weighted by Crippen LogP contribution is 2.18. The van der Waals surface area contributed by atoms with Crippen LogP contribution < -0.4 is 10.6 Å². The summed E-state index contributed by atoms with van der Waals surface area (Å²) in [4.78, 5) is 44.3. The summed E-state index contributed by atoms with van der Waals surface area (Å²) in [5.74, 6) is -0.712. The number of esters is 1. The third-order valence-electron chi connectivity index (χ3n) is 5.38. The van der Waals surface area contributed by atoms with E-state index >= 15 is 0 Å². The predicted molar refractivity (Wildman–Crippen MR) is 122 cm³/mol. The second-order valence-electron chi connectivity index (χ2n) is 8.08. The number of hydrogen-bond donors (Lipinski definition) is 3. The molecule has 34 heavy (non-hydrogen) atoms. The highest BCUT2D eigenvalue weighted by molar-refractivity contribution is 5.96. The molecule has 1 aromatic heterocycles. The van der Waals surface area contributed by atoms with Crippen LogP contribution in [-0.4, -0.2) is 46.1 Å². The summed E-state index contributed by atoms with van der Waals surface area (Å²) >= 11 is 0. The zero-order valence-corrected chi connectivity index (χ0v) is 18.7. The van der Waals surface area contributed by atoms with Crippen molar-refractivity contribution in [2.45, 2.75) is 44.7 Å². The van der Waals surface area contributed by atoms with Crippen molar-refractivity contribution in [2.75, 3.05) is 0 Å². The highest BCUT2D eigenvalue weighted by Gasteiger charge is 2.37. The second-order valence-corrected chi connectivity index (χ2v) is 8.08. The van der Waals surface area contributed by atoms with Gasteiger partial charge in [-0.1, -0.05) is 60.7 Å². The molecule has 9 heteroatoms. The van der Waals surface area contributed by atoms with E-state index < -0.39 is 36.2 Å². The van der Waals surface area contributed by atoms with Crippen LogP contribution in [0.4, 0.5) is 0 Å². The molecular weight excluding hydrogens is 436 g/mol. The van der Waals surface area contributed by atoms with Crippen molar-refractivity contribution >= 4 is 17.8 Å². The number of benzene rings is 2. The van der Waals surface area contributed by atoms with Gasteiger partial charge in [-0.15, -0.1) is 0 Å². The topological polar surface area (TPSA) is 122 Å².